The number of hydrogen-bond acceptors (Lipinski definition) is 7. The van der Waals surface area contributed by atoms with Gasteiger partial charge in [0, 0.05) is 57.4 Å². The van der Waals surface area contributed by atoms with Crippen LogP contribution in [0.15, 0.2) is 36.5 Å². The van der Waals surface area contributed by atoms with E-state index in [0.717, 1.165) is 19.3 Å². The molecule has 1 aromatic carbocycles. The summed E-state index contributed by atoms with van der Waals surface area (Å²) in [4.78, 5) is 36.9. The van der Waals surface area contributed by atoms with Gasteiger partial charge in [0.1, 0.15) is 5.52 Å². The highest BCUT2D eigenvalue weighted by molar-refractivity contribution is 6.04. The van der Waals surface area contributed by atoms with Crippen molar-refractivity contribution < 1.29 is 19.4 Å². The van der Waals surface area contributed by atoms with Gasteiger partial charge in [0.2, 0.25) is 5.95 Å². The highest BCUT2D eigenvalue weighted by Crippen LogP contribution is 2.24. The number of nitrogens with one attached hydrogen (secondary N) is 1. The summed E-state index contributed by atoms with van der Waals surface area (Å²) in [6.45, 7) is 2.59. The van der Waals surface area contributed by atoms with E-state index in [1.165, 1.54) is 0 Å². The molecule has 0 unspecified atom stereocenters. The van der Waals surface area contributed by atoms with Crippen LogP contribution in [0.5, 0.6) is 0 Å². The number of amides is 2. The third-order valence-corrected chi connectivity index (χ3v) is 6.38. The quantitative estimate of drug-likeness (QED) is 0.316. The molecule has 1 saturated heterocycles. The fourth-order valence-corrected chi connectivity index (χ4v) is 4.45. The Bertz CT molecular complexity index is 1190. The summed E-state index contributed by atoms with van der Waals surface area (Å²) in [5.41, 5.74) is 8.33. The van der Waals surface area contributed by atoms with Gasteiger partial charge in [-0.15, -0.1) is 0 Å². The maximum absolute atomic E-state index is 13.1. The lowest BCUT2D eigenvalue weighted by atomic mass is 9.93. The molecule has 3 aromatic rings. The second kappa shape index (κ2) is 11.3. The number of benzene rings is 1. The topological polar surface area (TPSA) is 136 Å². The molecule has 0 saturated carbocycles. The van der Waals surface area contributed by atoms with Crippen molar-refractivity contribution in [1.82, 2.24) is 19.4 Å². The summed E-state index contributed by atoms with van der Waals surface area (Å²) in [7, 11) is 1.64. The molecule has 4 rings (SSSR count). The Morgan fingerprint density at radius 2 is 2.03 bits per heavy atom. The van der Waals surface area contributed by atoms with Crippen LogP contribution in [-0.4, -0.2) is 69.8 Å². The summed E-state index contributed by atoms with van der Waals surface area (Å²) in [5, 5.41) is 12.0. The summed E-state index contributed by atoms with van der Waals surface area (Å²) >= 11 is 0. The molecule has 2 aromatic heterocycles. The fourth-order valence-electron chi connectivity index (χ4n) is 4.45. The first-order valence-electron chi connectivity index (χ1n) is 11.9. The van der Waals surface area contributed by atoms with E-state index in [2.05, 4.69) is 15.3 Å². The van der Waals surface area contributed by atoms with E-state index in [-0.39, 0.29) is 18.4 Å². The predicted octanol–water partition coefficient (Wildman–Crippen LogP) is 2.54. The highest BCUT2D eigenvalue weighted by Gasteiger charge is 2.25. The number of aliphatic hydroxyl groups is 1. The van der Waals surface area contributed by atoms with Crippen molar-refractivity contribution in [2.24, 2.45) is 5.92 Å². The molecule has 0 radical (unpaired) electrons. The number of pyridine rings is 1. The number of aryl methyl sites for hydroxylation is 1. The zero-order chi connectivity index (χ0) is 24.8. The molecule has 0 bridgehead atoms. The number of methoxy groups -OCH3 is 1. The lowest BCUT2D eigenvalue weighted by Gasteiger charge is -2.31. The molecule has 10 nitrogen and oxygen atoms in total. The van der Waals surface area contributed by atoms with Gasteiger partial charge < -0.3 is 20.5 Å². The van der Waals surface area contributed by atoms with Crippen LogP contribution >= 0.6 is 0 Å². The van der Waals surface area contributed by atoms with E-state index in [1.807, 2.05) is 9.47 Å². The highest BCUT2D eigenvalue weighted by atomic mass is 16.5. The van der Waals surface area contributed by atoms with Gasteiger partial charge in [-0.25, -0.2) is 9.97 Å². The SMILES string of the molecule is COCCCn1c(NC(=O)c2cccc(N)c2)nc2cc(C(=O)N3CCC(CCO)CC3)cnc21. The second-order valence-corrected chi connectivity index (χ2v) is 8.83. The number of piperidine rings is 1. The molecule has 0 atom stereocenters. The smallest absolute Gasteiger partial charge is 0.258 e. The van der Waals surface area contributed by atoms with Crippen LogP contribution in [0.1, 0.15) is 46.4 Å². The van der Waals surface area contributed by atoms with Gasteiger partial charge in [0.15, 0.2) is 5.65 Å². The van der Waals surface area contributed by atoms with Crippen molar-refractivity contribution in [3.05, 3.63) is 47.7 Å². The number of aromatic nitrogens is 3. The van der Waals surface area contributed by atoms with E-state index < -0.39 is 0 Å². The maximum atomic E-state index is 13.1. The van der Waals surface area contributed by atoms with E-state index in [0.29, 0.717) is 72.5 Å². The number of carbonyl (C=O) groups is 2. The summed E-state index contributed by atoms with van der Waals surface area (Å²) < 4.78 is 7.00. The van der Waals surface area contributed by atoms with Crippen molar-refractivity contribution in [2.45, 2.75) is 32.2 Å². The molecule has 2 amide bonds. The van der Waals surface area contributed by atoms with Gasteiger partial charge >= 0.3 is 0 Å². The van der Waals surface area contributed by atoms with Crippen molar-refractivity contribution in [1.29, 1.82) is 0 Å². The first kappa shape index (κ1) is 24.6. The number of fused-ring (bicyclic) bond motifs is 1. The van der Waals surface area contributed by atoms with Crippen molar-refractivity contribution in [3.63, 3.8) is 0 Å². The largest absolute Gasteiger partial charge is 0.399 e. The Hall–Kier alpha value is -3.50. The molecular formula is C25H32N6O4. The zero-order valence-corrected chi connectivity index (χ0v) is 19.9. The van der Waals surface area contributed by atoms with Crippen LogP contribution in [0, 0.1) is 5.92 Å². The Kier molecular flexibility index (Phi) is 7.94. The molecule has 186 valence electrons. The molecule has 3 heterocycles. The first-order chi connectivity index (χ1) is 17.0. The number of rotatable bonds is 9. The van der Waals surface area contributed by atoms with Gasteiger partial charge in [0.25, 0.3) is 11.8 Å². The Morgan fingerprint density at radius 3 is 2.74 bits per heavy atom. The normalized spacial score (nSPS) is 14.4. The number of nitrogens with two attached hydrogens (primary N) is 1. The van der Waals surface area contributed by atoms with Crippen LogP contribution in [0.3, 0.4) is 0 Å². The number of imidazole rings is 1. The molecule has 1 fully saturated rings. The number of likely N-dealkylation sites (tertiary alicyclic amines) is 1. The minimum atomic E-state index is -0.331. The number of ether oxygens (including phenoxy) is 1. The van der Waals surface area contributed by atoms with Gasteiger partial charge in [-0.2, -0.15) is 0 Å². The van der Waals surface area contributed by atoms with Crippen LogP contribution in [0.25, 0.3) is 11.2 Å². The fraction of sp³-hybridized carbons (Fsp3) is 0.440. The second-order valence-electron chi connectivity index (χ2n) is 8.83. The minimum Gasteiger partial charge on any atom is -0.399 e. The maximum Gasteiger partial charge on any atom is 0.258 e. The number of aliphatic hydroxyl groups excluding tert-OH is 1. The lowest BCUT2D eigenvalue weighted by molar-refractivity contribution is 0.0677. The number of carbonyl (C=O) groups excluding carboxylic acids is 2. The molecule has 4 N–H and O–H groups in total. The molecule has 0 spiro atoms. The van der Waals surface area contributed by atoms with Crippen molar-refractivity contribution >= 4 is 34.6 Å². The average molecular weight is 481 g/mol. The molecule has 1 aliphatic rings. The third-order valence-electron chi connectivity index (χ3n) is 6.38. The van der Waals surface area contributed by atoms with Crippen molar-refractivity contribution in [3.8, 4) is 0 Å². The van der Waals surface area contributed by atoms with E-state index >= 15 is 0 Å². The number of hydrogen-bond donors (Lipinski definition) is 3. The van der Waals surface area contributed by atoms with E-state index in [1.54, 1.807) is 43.6 Å². The third kappa shape index (κ3) is 5.77. The molecule has 1 aliphatic heterocycles. The first-order valence-corrected chi connectivity index (χ1v) is 11.9. The summed E-state index contributed by atoms with van der Waals surface area (Å²) in [6, 6.07) is 8.45. The number of nitrogen functional groups attached to an aromatic ring is 1. The molecule has 10 heteroatoms. The van der Waals surface area contributed by atoms with Crippen molar-refractivity contribution in [2.75, 3.05) is 44.5 Å². The van der Waals surface area contributed by atoms with E-state index in [4.69, 9.17) is 15.6 Å². The van der Waals surface area contributed by atoms with Gasteiger partial charge in [0.05, 0.1) is 5.56 Å². The lowest BCUT2D eigenvalue weighted by Crippen LogP contribution is -2.38. The van der Waals surface area contributed by atoms with Gasteiger partial charge in [-0.05, 0) is 55.9 Å². The van der Waals surface area contributed by atoms with Crippen LogP contribution in [0.4, 0.5) is 11.6 Å². The van der Waals surface area contributed by atoms with Crippen LogP contribution in [-0.2, 0) is 11.3 Å². The predicted molar refractivity (Wildman–Crippen MR) is 133 cm³/mol. The zero-order valence-electron chi connectivity index (χ0n) is 19.9. The number of nitrogens with zero attached hydrogens (tertiary/aromatic N) is 4. The van der Waals surface area contributed by atoms with Crippen LogP contribution in [0.2, 0.25) is 0 Å². The Balaban J connectivity index is 1.57. The van der Waals surface area contributed by atoms with E-state index in [9.17, 15) is 9.59 Å². The van der Waals surface area contributed by atoms with Crippen LogP contribution < -0.4 is 11.1 Å². The monoisotopic (exact) mass is 480 g/mol. The number of anilines is 2. The summed E-state index contributed by atoms with van der Waals surface area (Å²) in [5.74, 6) is 0.396. The average Bonchev–Trinajstić information content (AvgIpc) is 3.20. The minimum absolute atomic E-state index is 0.0823. The molecule has 35 heavy (non-hydrogen) atoms. The van der Waals surface area contributed by atoms with Gasteiger partial charge in [-0.3, -0.25) is 19.5 Å². The Morgan fingerprint density at radius 1 is 1.23 bits per heavy atom. The summed E-state index contributed by atoms with van der Waals surface area (Å²) in [6.07, 6.45) is 4.82. The van der Waals surface area contributed by atoms with Gasteiger partial charge in [-0.1, -0.05) is 6.07 Å². The standard InChI is InChI=1S/C25H32N6O4/c1-35-13-3-9-31-22-21(28-25(31)29-23(33)18-4-2-5-20(26)14-18)15-19(16-27-22)24(34)30-10-6-17(7-11-30)8-12-32/h2,4-5,14-17,32H,3,6-13,26H2,1H3,(H,28,29,33). The molecule has 0 aliphatic carbocycles. The Labute approximate surface area is 204 Å². The molecular weight excluding hydrogens is 448 g/mol.